The zero-order valence-electron chi connectivity index (χ0n) is 12.2. The third-order valence-electron chi connectivity index (χ3n) is 3.99. The predicted molar refractivity (Wildman–Crippen MR) is 87.5 cm³/mol. The van der Waals surface area contributed by atoms with Crippen LogP contribution in [0.1, 0.15) is 6.42 Å². The minimum absolute atomic E-state index is 0.928. The maximum absolute atomic E-state index is 5.38. The van der Waals surface area contributed by atoms with Crippen molar-refractivity contribution in [2.75, 3.05) is 76.0 Å². The van der Waals surface area contributed by atoms with Gasteiger partial charge in [-0.1, -0.05) is 0 Å². The van der Waals surface area contributed by atoms with Gasteiger partial charge in [-0.15, -0.1) is 0 Å². The Morgan fingerprint density at radius 2 is 1.84 bits per heavy atom. The Morgan fingerprint density at radius 1 is 1.05 bits per heavy atom. The van der Waals surface area contributed by atoms with E-state index < -0.39 is 0 Å². The highest BCUT2D eigenvalue weighted by Gasteiger charge is 2.21. The van der Waals surface area contributed by atoms with E-state index in [2.05, 4.69) is 27.8 Å². The van der Waals surface area contributed by atoms with E-state index in [0.29, 0.717) is 0 Å². The molecule has 1 atom stereocenters. The lowest BCUT2D eigenvalue weighted by Crippen LogP contribution is -2.37. The number of rotatable bonds is 8. The van der Waals surface area contributed by atoms with Gasteiger partial charge in [0.1, 0.15) is 0 Å². The smallest absolute Gasteiger partial charge is 0.0594 e. The van der Waals surface area contributed by atoms with Gasteiger partial charge >= 0.3 is 0 Å². The molecule has 0 radical (unpaired) electrons. The van der Waals surface area contributed by atoms with E-state index in [1.165, 1.54) is 49.9 Å². The molecule has 0 aromatic heterocycles. The quantitative estimate of drug-likeness (QED) is 0.633. The van der Waals surface area contributed by atoms with E-state index in [1.807, 2.05) is 11.8 Å². The van der Waals surface area contributed by atoms with Gasteiger partial charge in [0, 0.05) is 44.2 Å². The van der Waals surface area contributed by atoms with Crippen LogP contribution in [0.3, 0.4) is 0 Å². The van der Waals surface area contributed by atoms with Gasteiger partial charge in [0.25, 0.3) is 0 Å². The molecule has 0 saturated carbocycles. The zero-order valence-corrected chi connectivity index (χ0v) is 13.8. The van der Waals surface area contributed by atoms with Crippen molar-refractivity contribution in [2.24, 2.45) is 5.92 Å². The molecule has 0 aliphatic carbocycles. The van der Waals surface area contributed by atoms with E-state index in [0.717, 1.165) is 32.2 Å². The first-order valence-corrected chi connectivity index (χ1v) is 10.0. The van der Waals surface area contributed by atoms with Crippen LogP contribution in [-0.4, -0.2) is 85.8 Å². The fraction of sp³-hybridized carbons (Fsp3) is 1.00. The Bertz CT molecular complexity index is 237. The first-order valence-electron chi connectivity index (χ1n) is 7.47. The molecular weight excluding hydrogens is 276 g/mol. The Labute approximate surface area is 126 Å². The third-order valence-corrected chi connectivity index (χ3v) is 5.76. The number of hydrogen-bond acceptors (Lipinski definition) is 5. The molecule has 0 aromatic carbocycles. The maximum Gasteiger partial charge on any atom is 0.0594 e. The Kier molecular flexibility index (Phi) is 7.98. The molecule has 19 heavy (non-hydrogen) atoms. The topological polar surface area (TPSA) is 15.7 Å². The molecular formula is C14H28N2OS2. The largest absolute Gasteiger partial charge is 0.379 e. The number of thioether (sulfide) groups is 2. The number of morpholine rings is 1. The maximum atomic E-state index is 5.38. The van der Waals surface area contributed by atoms with Crippen molar-refractivity contribution in [3.8, 4) is 0 Å². The van der Waals surface area contributed by atoms with Crippen LogP contribution in [0.2, 0.25) is 0 Å². The van der Waals surface area contributed by atoms with Crippen LogP contribution in [0.4, 0.5) is 0 Å². The molecule has 2 aliphatic rings. The molecule has 2 rings (SSSR count). The molecule has 2 saturated heterocycles. The van der Waals surface area contributed by atoms with E-state index in [1.54, 1.807) is 0 Å². The fourth-order valence-corrected chi connectivity index (χ4v) is 4.34. The second-order valence-corrected chi connectivity index (χ2v) is 7.61. The van der Waals surface area contributed by atoms with Crippen molar-refractivity contribution >= 4 is 23.5 Å². The van der Waals surface area contributed by atoms with Crippen LogP contribution in [-0.2, 0) is 4.74 Å². The molecule has 112 valence electrons. The number of likely N-dealkylation sites (tertiary alicyclic amines) is 1. The third kappa shape index (κ3) is 6.25. The molecule has 0 N–H and O–H groups in total. The lowest BCUT2D eigenvalue weighted by Gasteiger charge is -2.26. The standard InChI is InChI=1S/C14H28N2OS2/c1-18-10-6-16-3-2-14(12-16)13-19-11-7-15-4-8-17-9-5-15/h14H,2-13H2,1H3. The average molecular weight is 305 g/mol. The van der Waals surface area contributed by atoms with Crippen molar-refractivity contribution in [3.05, 3.63) is 0 Å². The van der Waals surface area contributed by atoms with E-state index in [9.17, 15) is 0 Å². The SMILES string of the molecule is CSCCN1CCC(CSCCN2CCOCC2)C1. The van der Waals surface area contributed by atoms with Crippen molar-refractivity contribution in [1.82, 2.24) is 9.80 Å². The Hall–Kier alpha value is 0.580. The van der Waals surface area contributed by atoms with Crippen LogP contribution in [0, 0.1) is 5.92 Å². The van der Waals surface area contributed by atoms with Crippen molar-refractivity contribution in [3.63, 3.8) is 0 Å². The van der Waals surface area contributed by atoms with Gasteiger partial charge in [-0.25, -0.2) is 0 Å². The van der Waals surface area contributed by atoms with Gasteiger partial charge in [0.15, 0.2) is 0 Å². The molecule has 0 bridgehead atoms. The second-order valence-electron chi connectivity index (χ2n) is 5.48. The van der Waals surface area contributed by atoms with Crippen LogP contribution in [0.5, 0.6) is 0 Å². The summed E-state index contributed by atoms with van der Waals surface area (Å²) in [5, 5.41) is 0. The molecule has 3 nitrogen and oxygen atoms in total. The lowest BCUT2D eigenvalue weighted by atomic mass is 10.2. The van der Waals surface area contributed by atoms with Gasteiger partial charge in [0.2, 0.25) is 0 Å². The summed E-state index contributed by atoms with van der Waals surface area (Å²) < 4.78 is 5.38. The summed E-state index contributed by atoms with van der Waals surface area (Å²) in [5.74, 6) is 4.88. The van der Waals surface area contributed by atoms with E-state index >= 15 is 0 Å². The van der Waals surface area contributed by atoms with Gasteiger partial charge in [-0.2, -0.15) is 23.5 Å². The van der Waals surface area contributed by atoms with Crippen molar-refractivity contribution in [1.29, 1.82) is 0 Å². The highest BCUT2D eigenvalue weighted by molar-refractivity contribution is 7.99. The number of hydrogen-bond donors (Lipinski definition) is 0. The van der Waals surface area contributed by atoms with Gasteiger partial charge in [0.05, 0.1) is 13.2 Å². The molecule has 0 amide bonds. The summed E-state index contributed by atoms with van der Waals surface area (Å²) in [5.41, 5.74) is 0. The zero-order chi connectivity index (χ0) is 13.3. The van der Waals surface area contributed by atoms with Crippen LogP contribution < -0.4 is 0 Å². The average Bonchev–Trinajstić information content (AvgIpc) is 2.90. The highest BCUT2D eigenvalue weighted by atomic mass is 32.2. The first kappa shape index (κ1) is 16.0. The Balaban J connectivity index is 1.47. The van der Waals surface area contributed by atoms with E-state index in [-0.39, 0.29) is 0 Å². The van der Waals surface area contributed by atoms with Crippen molar-refractivity contribution in [2.45, 2.75) is 6.42 Å². The summed E-state index contributed by atoms with van der Waals surface area (Å²) >= 11 is 4.12. The molecule has 1 unspecified atom stereocenters. The normalized spacial score (nSPS) is 26.1. The van der Waals surface area contributed by atoms with Gasteiger partial charge < -0.3 is 9.64 Å². The summed E-state index contributed by atoms with van der Waals surface area (Å²) in [4.78, 5) is 5.18. The molecule has 0 spiro atoms. The molecule has 2 fully saturated rings. The van der Waals surface area contributed by atoms with E-state index in [4.69, 9.17) is 4.74 Å². The summed E-state index contributed by atoms with van der Waals surface area (Å²) in [6.45, 7) is 9.32. The molecule has 0 aromatic rings. The minimum atomic E-state index is 0.928. The summed E-state index contributed by atoms with van der Waals surface area (Å²) in [6.07, 6.45) is 3.62. The number of nitrogens with zero attached hydrogens (tertiary/aromatic N) is 2. The minimum Gasteiger partial charge on any atom is -0.379 e. The van der Waals surface area contributed by atoms with Crippen LogP contribution in [0.15, 0.2) is 0 Å². The summed E-state index contributed by atoms with van der Waals surface area (Å²) in [7, 11) is 0. The van der Waals surface area contributed by atoms with Crippen LogP contribution >= 0.6 is 23.5 Å². The van der Waals surface area contributed by atoms with Crippen molar-refractivity contribution < 1.29 is 4.74 Å². The number of ether oxygens (including phenoxy) is 1. The Morgan fingerprint density at radius 3 is 2.63 bits per heavy atom. The molecule has 2 aliphatic heterocycles. The fourth-order valence-electron chi connectivity index (χ4n) is 2.74. The second kappa shape index (κ2) is 9.50. The molecule has 2 heterocycles. The summed E-state index contributed by atoms with van der Waals surface area (Å²) in [6, 6.07) is 0. The van der Waals surface area contributed by atoms with Crippen LogP contribution in [0.25, 0.3) is 0 Å². The van der Waals surface area contributed by atoms with Gasteiger partial charge in [-0.3, -0.25) is 4.90 Å². The predicted octanol–water partition coefficient (Wildman–Crippen LogP) is 1.74. The first-order chi connectivity index (χ1) is 9.38. The molecule has 5 heteroatoms. The van der Waals surface area contributed by atoms with Gasteiger partial charge in [-0.05, 0) is 30.9 Å². The highest BCUT2D eigenvalue weighted by Crippen LogP contribution is 2.21. The monoisotopic (exact) mass is 304 g/mol. The lowest BCUT2D eigenvalue weighted by molar-refractivity contribution is 0.0410.